The summed E-state index contributed by atoms with van der Waals surface area (Å²) < 4.78 is 13.8. The lowest BCUT2D eigenvalue weighted by Crippen LogP contribution is -2.17. The molecule has 0 radical (unpaired) electrons. The lowest BCUT2D eigenvalue weighted by atomic mass is 9.85. The van der Waals surface area contributed by atoms with Crippen molar-refractivity contribution in [3.05, 3.63) is 82.8 Å². The molecule has 0 fully saturated rings. The van der Waals surface area contributed by atoms with Gasteiger partial charge in [-0.25, -0.2) is 4.39 Å². The van der Waals surface area contributed by atoms with Crippen LogP contribution < -0.4 is 0 Å². The second-order valence-electron chi connectivity index (χ2n) is 7.11. The second-order valence-corrected chi connectivity index (χ2v) is 7.11. The van der Waals surface area contributed by atoms with Crippen LogP contribution in [-0.4, -0.2) is 28.7 Å². The van der Waals surface area contributed by atoms with E-state index in [9.17, 15) is 4.39 Å². The zero-order valence-electron chi connectivity index (χ0n) is 15.1. The van der Waals surface area contributed by atoms with E-state index in [0.29, 0.717) is 0 Å². The minimum absolute atomic E-state index is 0.173. The molecule has 0 N–H and O–H groups in total. The van der Waals surface area contributed by atoms with Gasteiger partial charge in [-0.3, -0.25) is 0 Å². The van der Waals surface area contributed by atoms with E-state index >= 15 is 0 Å². The monoisotopic (exact) mass is 347 g/mol. The van der Waals surface area contributed by atoms with Crippen LogP contribution in [0.15, 0.2) is 54.6 Å². The van der Waals surface area contributed by atoms with Gasteiger partial charge in [0.25, 0.3) is 0 Å². The Kier molecular flexibility index (Phi) is 4.51. The fraction of sp³-hybridized carbons (Fsp3) is 0.273. The molecule has 4 heteroatoms. The van der Waals surface area contributed by atoms with Gasteiger partial charge in [0.05, 0.1) is 11.4 Å². The van der Waals surface area contributed by atoms with Crippen molar-refractivity contribution in [2.24, 2.45) is 0 Å². The third-order valence-corrected chi connectivity index (χ3v) is 5.10. The Hall–Kier alpha value is -2.59. The topological polar surface area (TPSA) is 29.0 Å². The van der Waals surface area contributed by atoms with E-state index in [1.54, 1.807) is 12.1 Å². The fourth-order valence-electron chi connectivity index (χ4n) is 3.74. The summed E-state index contributed by atoms with van der Waals surface area (Å²) >= 11 is 0. The number of nitrogens with zero attached hydrogens (tertiary/aromatic N) is 3. The smallest absolute Gasteiger partial charge is 0.123 e. The van der Waals surface area contributed by atoms with Crippen LogP contribution in [0.5, 0.6) is 0 Å². The summed E-state index contributed by atoms with van der Waals surface area (Å²) in [6.45, 7) is 3.80. The van der Waals surface area contributed by atoms with Gasteiger partial charge in [0.2, 0.25) is 0 Å². The van der Waals surface area contributed by atoms with Crippen molar-refractivity contribution in [2.45, 2.75) is 25.8 Å². The number of rotatable bonds is 2. The maximum absolute atomic E-state index is 13.8. The van der Waals surface area contributed by atoms with Gasteiger partial charge in [0.15, 0.2) is 0 Å². The van der Waals surface area contributed by atoms with Crippen LogP contribution in [0.3, 0.4) is 0 Å². The zero-order valence-corrected chi connectivity index (χ0v) is 15.1. The number of aryl methyl sites for hydroxylation is 1. The predicted octanol–water partition coefficient (Wildman–Crippen LogP) is 4.56. The second kappa shape index (κ2) is 6.96. The van der Waals surface area contributed by atoms with Crippen molar-refractivity contribution in [1.29, 1.82) is 0 Å². The first-order valence-electron chi connectivity index (χ1n) is 8.98. The Balaban J connectivity index is 1.78. The summed E-state index contributed by atoms with van der Waals surface area (Å²) in [5, 5.41) is 8.49. The standard InChI is InChI=1S/C22H22FN3/c1-15-6-9-22(25-24-15)17-7-8-20-18(12-17)14-26(2)11-10-21(20)16-4-3-5-19(23)13-16/h3-9,12-13,21H,10-11,14H2,1-2H3. The van der Waals surface area contributed by atoms with Gasteiger partial charge in [-0.15, -0.1) is 0 Å². The van der Waals surface area contributed by atoms with E-state index in [1.165, 1.54) is 17.2 Å². The molecule has 0 saturated carbocycles. The lowest BCUT2D eigenvalue weighted by Gasteiger charge is -2.18. The summed E-state index contributed by atoms with van der Waals surface area (Å²) in [5.74, 6) is 0.0389. The van der Waals surface area contributed by atoms with Gasteiger partial charge < -0.3 is 4.90 Å². The highest BCUT2D eigenvalue weighted by atomic mass is 19.1. The summed E-state index contributed by atoms with van der Waals surface area (Å²) in [4.78, 5) is 2.32. The average Bonchev–Trinajstić information content (AvgIpc) is 2.80. The van der Waals surface area contributed by atoms with Crippen LogP contribution >= 0.6 is 0 Å². The van der Waals surface area contributed by atoms with Gasteiger partial charge in [-0.2, -0.15) is 10.2 Å². The van der Waals surface area contributed by atoms with Gasteiger partial charge >= 0.3 is 0 Å². The maximum Gasteiger partial charge on any atom is 0.123 e. The van der Waals surface area contributed by atoms with E-state index in [-0.39, 0.29) is 11.7 Å². The van der Waals surface area contributed by atoms with Crippen LogP contribution in [0.1, 0.15) is 34.7 Å². The van der Waals surface area contributed by atoms with E-state index in [0.717, 1.165) is 42.0 Å². The summed E-state index contributed by atoms with van der Waals surface area (Å²) in [7, 11) is 2.14. The first kappa shape index (κ1) is 16.9. The molecule has 0 aliphatic carbocycles. The van der Waals surface area contributed by atoms with Gasteiger partial charge in [0, 0.05) is 18.0 Å². The Morgan fingerprint density at radius 1 is 1.04 bits per heavy atom. The van der Waals surface area contributed by atoms with E-state index in [2.05, 4.69) is 40.3 Å². The van der Waals surface area contributed by atoms with Crippen LogP contribution in [0, 0.1) is 12.7 Å². The molecule has 4 rings (SSSR count). The van der Waals surface area contributed by atoms with Gasteiger partial charge in [-0.1, -0.05) is 24.3 Å². The Labute approximate surface area is 153 Å². The number of benzene rings is 2. The molecule has 1 unspecified atom stereocenters. The van der Waals surface area contributed by atoms with Gasteiger partial charge in [-0.05, 0) is 74.0 Å². The molecule has 2 heterocycles. The minimum atomic E-state index is -0.173. The molecule has 3 aromatic rings. The predicted molar refractivity (Wildman–Crippen MR) is 101 cm³/mol. The number of halogens is 1. The molecule has 2 aromatic carbocycles. The van der Waals surface area contributed by atoms with Crippen molar-refractivity contribution in [2.75, 3.05) is 13.6 Å². The molecule has 0 bridgehead atoms. The van der Waals surface area contributed by atoms with Crippen LogP contribution in [0.2, 0.25) is 0 Å². The fourth-order valence-corrected chi connectivity index (χ4v) is 3.74. The lowest BCUT2D eigenvalue weighted by molar-refractivity contribution is 0.328. The number of hydrogen-bond acceptors (Lipinski definition) is 3. The molecule has 1 aliphatic heterocycles. The molecule has 0 spiro atoms. The molecule has 1 aromatic heterocycles. The van der Waals surface area contributed by atoms with Crippen molar-refractivity contribution in [3.63, 3.8) is 0 Å². The largest absolute Gasteiger partial charge is 0.302 e. The molecule has 26 heavy (non-hydrogen) atoms. The third kappa shape index (κ3) is 3.37. The zero-order chi connectivity index (χ0) is 18.1. The first-order chi connectivity index (χ1) is 12.6. The number of hydrogen-bond donors (Lipinski definition) is 0. The summed E-state index contributed by atoms with van der Waals surface area (Å²) in [5.41, 5.74) is 6.47. The van der Waals surface area contributed by atoms with Crippen LogP contribution in [0.4, 0.5) is 4.39 Å². The number of fused-ring (bicyclic) bond motifs is 1. The molecular formula is C22H22FN3. The Bertz CT molecular complexity index is 921. The van der Waals surface area contributed by atoms with Crippen molar-refractivity contribution >= 4 is 0 Å². The highest BCUT2D eigenvalue weighted by molar-refractivity contribution is 5.61. The maximum atomic E-state index is 13.8. The third-order valence-electron chi connectivity index (χ3n) is 5.10. The Morgan fingerprint density at radius 2 is 1.92 bits per heavy atom. The highest BCUT2D eigenvalue weighted by Crippen LogP contribution is 2.35. The first-order valence-corrected chi connectivity index (χ1v) is 8.98. The van der Waals surface area contributed by atoms with Crippen molar-refractivity contribution in [3.8, 4) is 11.3 Å². The molecular weight excluding hydrogens is 325 g/mol. The summed E-state index contributed by atoms with van der Waals surface area (Å²) in [6, 6.07) is 17.5. The van der Waals surface area contributed by atoms with Crippen molar-refractivity contribution in [1.82, 2.24) is 15.1 Å². The van der Waals surface area contributed by atoms with Crippen LogP contribution in [-0.2, 0) is 6.54 Å². The molecule has 1 aliphatic rings. The normalized spacial score (nSPS) is 17.6. The average molecular weight is 347 g/mol. The molecule has 3 nitrogen and oxygen atoms in total. The SMILES string of the molecule is Cc1ccc(-c2ccc3c(c2)CN(C)CCC3c2cccc(F)c2)nn1. The Morgan fingerprint density at radius 3 is 2.69 bits per heavy atom. The molecule has 132 valence electrons. The number of aromatic nitrogens is 2. The van der Waals surface area contributed by atoms with E-state index in [4.69, 9.17) is 0 Å². The summed E-state index contributed by atoms with van der Waals surface area (Å²) in [6.07, 6.45) is 0.983. The van der Waals surface area contributed by atoms with Crippen molar-refractivity contribution < 1.29 is 4.39 Å². The quantitative estimate of drug-likeness (QED) is 0.680. The van der Waals surface area contributed by atoms with Crippen LogP contribution in [0.25, 0.3) is 11.3 Å². The highest BCUT2D eigenvalue weighted by Gasteiger charge is 2.23. The minimum Gasteiger partial charge on any atom is -0.302 e. The molecule has 1 atom stereocenters. The van der Waals surface area contributed by atoms with E-state index < -0.39 is 0 Å². The van der Waals surface area contributed by atoms with E-state index in [1.807, 2.05) is 25.1 Å². The van der Waals surface area contributed by atoms with Gasteiger partial charge in [0.1, 0.15) is 5.82 Å². The molecule has 0 saturated heterocycles. The molecule has 0 amide bonds.